The zero-order valence-electron chi connectivity index (χ0n) is 40.5. The SMILES string of the molecule is c1ccc(-c2cccc(-c3nc(-c4ccc5sc6ccccc6c5c4)nc(-c4cccc5oc6ccc(-c7cccc(-c8cccc9c8-c8ccccc8C9(c8ccccc8)c8ccccc8)c7)cc6c45)n3)c2)cc1. The van der Waals surface area contributed by atoms with Gasteiger partial charge in [-0.25, -0.2) is 15.0 Å². The maximum atomic E-state index is 6.68. The molecular formula is C70H43N3OS. The summed E-state index contributed by atoms with van der Waals surface area (Å²) < 4.78 is 9.16. The summed E-state index contributed by atoms with van der Waals surface area (Å²) in [7, 11) is 0. The molecule has 0 spiro atoms. The van der Waals surface area contributed by atoms with Crippen molar-refractivity contribution in [1.29, 1.82) is 0 Å². The van der Waals surface area contributed by atoms with E-state index < -0.39 is 5.41 Å². The van der Waals surface area contributed by atoms with Crippen molar-refractivity contribution in [3.05, 3.63) is 283 Å². The average Bonchev–Trinajstić information content (AvgIpc) is 4.19. The van der Waals surface area contributed by atoms with Crippen molar-refractivity contribution in [3.63, 3.8) is 0 Å². The van der Waals surface area contributed by atoms with Gasteiger partial charge in [0.15, 0.2) is 17.5 Å². The second-order valence-corrected chi connectivity index (χ2v) is 20.5. The zero-order valence-corrected chi connectivity index (χ0v) is 41.3. The smallest absolute Gasteiger partial charge is 0.164 e. The van der Waals surface area contributed by atoms with Crippen LogP contribution < -0.4 is 0 Å². The third kappa shape index (κ3) is 6.93. The van der Waals surface area contributed by atoms with Gasteiger partial charge in [0.25, 0.3) is 0 Å². The van der Waals surface area contributed by atoms with Gasteiger partial charge in [-0.1, -0.05) is 206 Å². The van der Waals surface area contributed by atoms with Crippen LogP contribution in [0.2, 0.25) is 0 Å². The summed E-state index contributed by atoms with van der Waals surface area (Å²) in [6.45, 7) is 0. The van der Waals surface area contributed by atoms with Crippen molar-refractivity contribution in [2.75, 3.05) is 0 Å². The van der Waals surface area contributed by atoms with E-state index in [0.717, 1.165) is 66.4 Å². The number of thiophene rings is 1. The molecule has 0 saturated carbocycles. The van der Waals surface area contributed by atoms with E-state index in [1.807, 2.05) is 18.2 Å². The Morgan fingerprint density at radius 1 is 0.307 bits per heavy atom. The van der Waals surface area contributed by atoms with Crippen LogP contribution in [0.5, 0.6) is 0 Å². The van der Waals surface area contributed by atoms with Crippen molar-refractivity contribution in [2.24, 2.45) is 0 Å². The molecule has 0 atom stereocenters. The Kier molecular flexibility index (Phi) is 9.94. The molecule has 11 aromatic carbocycles. The van der Waals surface area contributed by atoms with Crippen molar-refractivity contribution in [1.82, 2.24) is 15.0 Å². The minimum Gasteiger partial charge on any atom is -0.456 e. The fourth-order valence-electron chi connectivity index (χ4n) is 11.9. The first kappa shape index (κ1) is 43.1. The third-order valence-corrected chi connectivity index (χ3v) is 16.4. The highest BCUT2D eigenvalue weighted by molar-refractivity contribution is 7.25. The van der Waals surface area contributed by atoms with Gasteiger partial charge in [-0.3, -0.25) is 0 Å². The largest absolute Gasteiger partial charge is 0.456 e. The molecule has 350 valence electrons. The molecule has 15 rings (SSSR count). The Hall–Kier alpha value is -9.55. The Morgan fingerprint density at radius 2 is 0.827 bits per heavy atom. The molecular weight excluding hydrogens is 931 g/mol. The van der Waals surface area contributed by atoms with Gasteiger partial charge in [0.05, 0.1) is 5.41 Å². The predicted octanol–water partition coefficient (Wildman–Crippen LogP) is 18.5. The number of fused-ring (bicyclic) bond motifs is 9. The minimum atomic E-state index is -0.480. The lowest BCUT2D eigenvalue weighted by molar-refractivity contribution is 0.669. The van der Waals surface area contributed by atoms with E-state index in [-0.39, 0.29) is 0 Å². The van der Waals surface area contributed by atoms with Gasteiger partial charge in [-0.2, -0.15) is 0 Å². The Bertz CT molecular complexity index is 4500. The van der Waals surface area contributed by atoms with E-state index in [2.05, 4.69) is 243 Å². The molecule has 0 amide bonds. The quantitative estimate of drug-likeness (QED) is 0.152. The summed E-state index contributed by atoms with van der Waals surface area (Å²) in [6.07, 6.45) is 0. The molecule has 75 heavy (non-hydrogen) atoms. The highest BCUT2D eigenvalue weighted by Gasteiger charge is 2.46. The van der Waals surface area contributed by atoms with Crippen LogP contribution in [0.4, 0.5) is 0 Å². The van der Waals surface area contributed by atoms with Gasteiger partial charge < -0.3 is 4.42 Å². The van der Waals surface area contributed by atoms with E-state index in [9.17, 15) is 0 Å². The van der Waals surface area contributed by atoms with Crippen molar-refractivity contribution in [3.8, 4) is 78.7 Å². The summed E-state index contributed by atoms with van der Waals surface area (Å²) in [6, 6.07) is 93.6. The first-order valence-electron chi connectivity index (χ1n) is 25.4. The van der Waals surface area contributed by atoms with Crippen LogP contribution in [0, 0.1) is 0 Å². The van der Waals surface area contributed by atoms with Gasteiger partial charge in [-0.05, 0) is 121 Å². The third-order valence-electron chi connectivity index (χ3n) is 15.2. The molecule has 5 heteroatoms. The fraction of sp³-hybridized carbons (Fsp3) is 0.0143. The molecule has 3 aromatic heterocycles. The van der Waals surface area contributed by atoms with Crippen LogP contribution >= 0.6 is 11.3 Å². The molecule has 0 fully saturated rings. The van der Waals surface area contributed by atoms with Crippen molar-refractivity contribution < 1.29 is 4.42 Å². The Labute approximate surface area is 437 Å². The van der Waals surface area contributed by atoms with Crippen LogP contribution in [-0.4, -0.2) is 15.0 Å². The minimum absolute atomic E-state index is 0.480. The lowest BCUT2D eigenvalue weighted by Crippen LogP contribution is -2.28. The highest BCUT2D eigenvalue weighted by Crippen LogP contribution is 2.58. The van der Waals surface area contributed by atoms with E-state index in [4.69, 9.17) is 19.4 Å². The normalized spacial score (nSPS) is 12.6. The predicted molar refractivity (Wildman–Crippen MR) is 310 cm³/mol. The van der Waals surface area contributed by atoms with Crippen LogP contribution in [0.1, 0.15) is 22.3 Å². The second-order valence-electron chi connectivity index (χ2n) is 19.4. The summed E-state index contributed by atoms with van der Waals surface area (Å²) in [5, 5.41) is 4.37. The molecule has 14 aromatic rings. The maximum Gasteiger partial charge on any atom is 0.164 e. The van der Waals surface area contributed by atoms with Gasteiger partial charge in [0.2, 0.25) is 0 Å². The van der Waals surface area contributed by atoms with E-state index >= 15 is 0 Å². The van der Waals surface area contributed by atoms with E-state index in [1.54, 1.807) is 11.3 Å². The fourth-order valence-corrected chi connectivity index (χ4v) is 13.0. The van der Waals surface area contributed by atoms with E-state index in [1.165, 1.54) is 59.1 Å². The molecule has 0 unspecified atom stereocenters. The standard InChI is InChI=1S/C70H43N3OS/c1-4-18-44(19-5-1)45-20-15-23-49(41-45)67-71-68(50-37-39-64-57(43-50)54-28-11-13-35-63(54)75-64)73-69(72-67)56-31-17-34-62-66(56)58-42-47(36-38-61(58)74-62)46-21-14-22-48(40-46)53-30-16-33-60-65(53)55-29-10-12-32-59(55)70(60,51-24-6-2-7-25-51)52-26-8-3-9-27-52/h1-43H. The zero-order chi connectivity index (χ0) is 49.5. The highest BCUT2D eigenvalue weighted by atomic mass is 32.1. The topological polar surface area (TPSA) is 51.8 Å². The van der Waals surface area contributed by atoms with Crippen molar-refractivity contribution >= 4 is 53.4 Å². The van der Waals surface area contributed by atoms with Gasteiger partial charge in [0.1, 0.15) is 11.2 Å². The Balaban J connectivity index is 0.882. The molecule has 0 aliphatic heterocycles. The Morgan fingerprint density at radius 3 is 1.63 bits per heavy atom. The molecule has 1 aliphatic carbocycles. The number of hydrogen-bond acceptors (Lipinski definition) is 5. The van der Waals surface area contributed by atoms with Crippen LogP contribution in [0.25, 0.3) is 121 Å². The second kappa shape index (κ2) is 17.3. The van der Waals surface area contributed by atoms with Gasteiger partial charge in [0, 0.05) is 47.6 Å². The number of nitrogens with zero attached hydrogens (tertiary/aromatic N) is 3. The summed E-state index contributed by atoms with van der Waals surface area (Å²) >= 11 is 1.80. The summed E-state index contributed by atoms with van der Waals surface area (Å²) in [5.41, 5.74) is 18.2. The molecule has 3 heterocycles. The average molecular weight is 974 g/mol. The number of furan rings is 1. The molecule has 4 nitrogen and oxygen atoms in total. The first-order chi connectivity index (χ1) is 37.2. The summed E-state index contributed by atoms with van der Waals surface area (Å²) in [4.78, 5) is 15.9. The molecule has 0 saturated heterocycles. The first-order valence-corrected chi connectivity index (χ1v) is 26.2. The van der Waals surface area contributed by atoms with Crippen LogP contribution in [-0.2, 0) is 5.41 Å². The van der Waals surface area contributed by atoms with Crippen LogP contribution in [0.15, 0.2) is 265 Å². The lowest BCUT2D eigenvalue weighted by Gasteiger charge is -2.34. The van der Waals surface area contributed by atoms with Gasteiger partial charge in [-0.15, -0.1) is 11.3 Å². The van der Waals surface area contributed by atoms with Crippen LogP contribution in [0.3, 0.4) is 0 Å². The van der Waals surface area contributed by atoms with Crippen molar-refractivity contribution in [2.45, 2.75) is 5.41 Å². The van der Waals surface area contributed by atoms with Gasteiger partial charge >= 0.3 is 0 Å². The number of benzene rings is 11. The van der Waals surface area contributed by atoms with E-state index in [0.29, 0.717) is 17.5 Å². The molecule has 0 N–H and O–H groups in total. The number of hydrogen-bond donors (Lipinski definition) is 0. The monoisotopic (exact) mass is 973 g/mol. The molecule has 1 aliphatic rings. The maximum absolute atomic E-state index is 6.68. The molecule has 0 bridgehead atoms. The lowest BCUT2D eigenvalue weighted by atomic mass is 9.67. The number of rotatable bonds is 8. The summed E-state index contributed by atoms with van der Waals surface area (Å²) in [5.74, 6) is 1.79. The number of aromatic nitrogens is 3. The molecule has 0 radical (unpaired) electrons.